The van der Waals surface area contributed by atoms with Crippen LogP contribution in [0.1, 0.15) is 12.8 Å². The van der Waals surface area contributed by atoms with E-state index < -0.39 is 22.5 Å². The van der Waals surface area contributed by atoms with Crippen molar-refractivity contribution in [2.24, 2.45) is 0 Å². The van der Waals surface area contributed by atoms with Gasteiger partial charge >= 0.3 is 6.03 Å². The lowest BCUT2D eigenvalue weighted by molar-refractivity contribution is -0.384. The summed E-state index contributed by atoms with van der Waals surface area (Å²) in [6.45, 7) is 0. The first-order chi connectivity index (χ1) is 8.06. The molecular formula is C10H10FN3O3. The summed E-state index contributed by atoms with van der Waals surface area (Å²) >= 11 is 0. The van der Waals surface area contributed by atoms with E-state index >= 15 is 0 Å². The summed E-state index contributed by atoms with van der Waals surface area (Å²) in [6.07, 6.45) is 1.83. The Kier molecular flexibility index (Phi) is 2.90. The van der Waals surface area contributed by atoms with Crippen LogP contribution in [0.2, 0.25) is 0 Å². The van der Waals surface area contributed by atoms with Crippen LogP contribution in [0, 0.1) is 15.9 Å². The van der Waals surface area contributed by atoms with Crippen molar-refractivity contribution in [2.45, 2.75) is 18.9 Å². The SMILES string of the molecule is O=C(Nc1ccc(F)cc1[N+](=O)[O-])NC1CC1. The predicted molar refractivity (Wildman–Crippen MR) is 58.2 cm³/mol. The summed E-state index contributed by atoms with van der Waals surface area (Å²) in [7, 11) is 0. The Morgan fingerprint density at radius 1 is 1.47 bits per heavy atom. The molecule has 90 valence electrons. The van der Waals surface area contributed by atoms with Crippen molar-refractivity contribution in [3.63, 3.8) is 0 Å². The van der Waals surface area contributed by atoms with Crippen molar-refractivity contribution in [1.82, 2.24) is 5.32 Å². The zero-order valence-corrected chi connectivity index (χ0v) is 8.77. The highest BCUT2D eigenvalue weighted by molar-refractivity contribution is 5.92. The van der Waals surface area contributed by atoms with Gasteiger partial charge in [0, 0.05) is 6.04 Å². The topological polar surface area (TPSA) is 84.3 Å². The van der Waals surface area contributed by atoms with E-state index in [9.17, 15) is 19.3 Å². The number of anilines is 1. The fourth-order valence-corrected chi connectivity index (χ4v) is 1.33. The zero-order chi connectivity index (χ0) is 12.4. The van der Waals surface area contributed by atoms with Crippen LogP contribution < -0.4 is 10.6 Å². The predicted octanol–water partition coefficient (Wildman–Crippen LogP) is 2.02. The van der Waals surface area contributed by atoms with Gasteiger partial charge in [0.25, 0.3) is 5.69 Å². The Labute approximate surface area is 96.0 Å². The van der Waals surface area contributed by atoms with Crippen molar-refractivity contribution in [2.75, 3.05) is 5.32 Å². The number of hydrogen-bond acceptors (Lipinski definition) is 3. The van der Waals surface area contributed by atoms with E-state index in [1.165, 1.54) is 6.07 Å². The van der Waals surface area contributed by atoms with E-state index in [2.05, 4.69) is 10.6 Å². The van der Waals surface area contributed by atoms with Crippen LogP contribution in [0.4, 0.5) is 20.6 Å². The molecule has 2 N–H and O–H groups in total. The highest BCUT2D eigenvalue weighted by atomic mass is 19.1. The summed E-state index contributed by atoms with van der Waals surface area (Å²) in [5, 5.41) is 15.6. The molecule has 0 radical (unpaired) electrons. The molecule has 0 aliphatic heterocycles. The smallest absolute Gasteiger partial charge is 0.319 e. The molecule has 1 aliphatic carbocycles. The summed E-state index contributed by atoms with van der Waals surface area (Å²) < 4.78 is 12.8. The highest BCUT2D eigenvalue weighted by Crippen LogP contribution is 2.25. The van der Waals surface area contributed by atoms with Gasteiger partial charge in [-0.15, -0.1) is 0 Å². The van der Waals surface area contributed by atoms with Crippen molar-refractivity contribution >= 4 is 17.4 Å². The monoisotopic (exact) mass is 239 g/mol. The normalized spacial score (nSPS) is 14.2. The van der Waals surface area contributed by atoms with Gasteiger partial charge in [-0.3, -0.25) is 10.1 Å². The molecule has 2 rings (SSSR count). The quantitative estimate of drug-likeness (QED) is 0.625. The standard InChI is InChI=1S/C10H10FN3O3/c11-6-1-4-8(9(5-6)14(16)17)13-10(15)12-7-2-3-7/h1,4-5,7H,2-3H2,(H2,12,13,15). The number of nitro groups is 1. The lowest BCUT2D eigenvalue weighted by Crippen LogP contribution is -2.30. The first-order valence-corrected chi connectivity index (χ1v) is 5.08. The largest absolute Gasteiger partial charge is 0.335 e. The van der Waals surface area contributed by atoms with Crippen LogP contribution >= 0.6 is 0 Å². The third kappa shape index (κ3) is 2.90. The number of hydrogen-bond donors (Lipinski definition) is 2. The van der Waals surface area contributed by atoms with Gasteiger partial charge in [0.2, 0.25) is 0 Å². The number of nitrogens with one attached hydrogen (secondary N) is 2. The number of rotatable bonds is 3. The molecule has 0 heterocycles. The molecule has 0 saturated heterocycles. The number of halogens is 1. The van der Waals surface area contributed by atoms with Gasteiger partial charge in [0.05, 0.1) is 11.0 Å². The van der Waals surface area contributed by atoms with Crippen molar-refractivity contribution in [1.29, 1.82) is 0 Å². The molecule has 1 aromatic carbocycles. The molecule has 0 aromatic heterocycles. The first-order valence-electron chi connectivity index (χ1n) is 5.08. The Morgan fingerprint density at radius 2 is 2.18 bits per heavy atom. The lowest BCUT2D eigenvalue weighted by Gasteiger charge is -2.06. The molecular weight excluding hydrogens is 229 g/mol. The molecule has 2 amide bonds. The zero-order valence-electron chi connectivity index (χ0n) is 8.77. The number of carbonyl (C=O) groups is 1. The number of urea groups is 1. The molecule has 6 nitrogen and oxygen atoms in total. The van der Waals surface area contributed by atoms with Crippen molar-refractivity contribution in [3.05, 3.63) is 34.1 Å². The maximum atomic E-state index is 12.8. The summed E-state index contributed by atoms with van der Waals surface area (Å²) in [5.41, 5.74) is -0.481. The summed E-state index contributed by atoms with van der Waals surface area (Å²) in [4.78, 5) is 21.3. The number of benzene rings is 1. The minimum absolute atomic E-state index is 0.0189. The second kappa shape index (κ2) is 4.36. The number of carbonyl (C=O) groups excluding carboxylic acids is 1. The van der Waals surface area contributed by atoms with Gasteiger partial charge < -0.3 is 10.6 Å². The molecule has 0 atom stereocenters. The van der Waals surface area contributed by atoms with E-state index in [1.54, 1.807) is 0 Å². The van der Waals surface area contributed by atoms with Crippen LogP contribution in [0.5, 0.6) is 0 Å². The van der Waals surface area contributed by atoms with Crippen LogP contribution in [0.25, 0.3) is 0 Å². The Morgan fingerprint density at radius 3 is 2.76 bits per heavy atom. The van der Waals surface area contributed by atoms with Gasteiger partial charge in [-0.25, -0.2) is 9.18 Å². The fourth-order valence-electron chi connectivity index (χ4n) is 1.33. The van der Waals surface area contributed by atoms with Crippen molar-refractivity contribution < 1.29 is 14.1 Å². The van der Waals surface area contributed by atoms with Gasteiger partial charge in [0.1, 0.15) is 11.5 Å². The molecule has 0 unspecified atom stereocenters. The van der Waals surface area contributed by atoms with Crippen molar-refractivity contribution in [3.8, 4) is 0 Å². The molecule has 1 aliphatic rings. The number of amides is 2. The maximum absolute atomic E-state index is 12.8. The number of nitro benzene ring substituents is 1. The van der Waals surface area contributed by atoms with E-state index in [-0.39, 0.29) is 11.7 Å². The van der Waals surface area contributed by atoms with E-state index in [1.807, 2.05) is 0 Å². The Hall–Kier alpha value is -2.18. The van der Waals surface area contributed by atoms with E-state index in [4.69, 9.17) is 0 Å². The van der Waals surface area contributed by atoms with Crippen LogP contribution in [0.3, 0.4) is 0 Å². The van der Waals surface area contributed by atoms with Crippen LogP contribution in [-0.4, -0.2) is 17.0 Å². The third-order valence-electron chi connectivity index (χ3n) is 2.32. The molecule has 0 spiro atoms. The van der Waals surface area contributed by atoms with Gasteiger partial charge in [-0.1, -0.05) is 0 Å². The van der Waals surface area contributed by atoms with Crippen LogP contribution in [-0.2, 0) is 0 Å². The molecule has 17 heavy (non-hydrogen) atoms. The van der Waals surface area contributed by atoms with Crippen LogP contribution in [0.15, 0.2) is 18.2 Å². The molecule has 1 aromatic rings. The Bertz CT molecular complexity index is 474. The molecule has 7 heteroatoms. The second-order valence-corrected chi connectivity index (χ2v) is 3.79. The van der Waals surface area contributed by atoms with Gasteiger partial charge in [-0.05, 0) is 25.0 Å². The second-order valence-electron chi connectivity index (χ2n) is 3.79. The first kappa shape index (κ1) is 11.3. The van der Waals surface area contributed by atoms with Gasteiger partial charge in [-0.2, -0.15) is 0 Å². The average molecular weight is 239 g/mol. The highest BCUT2D eigenvalue weighted by Gasteiger charge is 2.24. The van der Waals surface area contributed by atoms with E-state index in [0.29, 0.717) is 0 Å². The molecule has 0 bridgehead atoms. The van der Waals surface area contributed by atoms with Gasteiger partial charge in [0.15, 0.2) is 0 Å². The summed E-state index contributed by atoms with van der Waals surface area (Å²) in [5.74, 6) is -0.718. The Balaban J connectivity index is 2.13. The van der Waals surface area contributed by atoms with E-state index in [0.717, 1.165) is 25.0 Å². The fraction of sp³-hybridized carbons (Fsp3) is 0.300. The minimum Gasteiger partial charge on any atom is -0.335 e. The minimum atomic E-state index is -0.740. The maximum Gasteiger partial charge on any atom is 0.319 e. The molecule has 1 saturated carbocycles. The lowest BCUT2D eigenvalue weighted by atomic mass is 10.2. The number of nitrogens with zero attached hydrogens (tertiary/aromatic N) is 1. The molecule has 1 fully saturated rings. The third-order valence-corrected chi connectivity index (χ3v) is 2.32. The average Bonchev–Trinajstić information content (AvgIpc) is 3.04. The summed E-state index contributed by atoms with van der Waals surface area (Å²) in [6, 6.07) is 2.63.